The average molecular weight is 437 g/mol. The lowest BCUT2D eigenvalue weighted by molar-refractivity contribution is -0.130. The molecule has 3 aromatic rings. The van der Waals surface area contributed by atoms with Crippen molar-refractivity contribution in [2.24, 2.45) is 5.92 Å². The summed E-state index contributed by atoms with van der Waals surface area (Å²) in [4.78, 5) is 40.5. The molecule has 0 saturated heterocycles. The second-order valence-corrected chi connectivity index (χ2v) is 7.87. The molecule has 0 aliphatic carbocycles. The zero-order valence-corrected chi connectivity index (χ0v) is 18.2. The summed E-state index contributed by atoms with van der Waals surface area (Å²) < 4.78 is 0.974. The molecular formula is C24H28N4O4. The van der Waals surface area contributed by atoms with E-state index in [1.165, 1.54) is 12.5 Å². The molecule has 1 unspecified atom stereocenters. The topological polar surface area (TPSA) is 113 Å². The number of hydrogen-bond acceptors (Lipinski definition) is 4. The Morgan fingerprint density at radius 1 is 1.09 bits per heavy atom. The maximum Gasteiger partial charge on any atom is 0.416 e. The monoisotopic (exact) mass is 436 g/mol. The van der Waals surface area contributed by atoms with Gasteiger partial charge in [-0.3, -0.25) is 9.59 Å². The summed E-state index contributed by atoms with van der Waals surface area (Å²) in [5.74, 6) is -0.915. The Bertz CT molecular complexity index is 1100. The molecule has 0 fully saturated rings. The van der Waals surface area contributed by atoms with Crippen LogP contribution in [0, 0.1) is 5.92 Å². The van der Waals surface area contributed by atoms with Gasteiger partial charge in [-0.05, 0) is 36.6 Å². The van der Waals surface area contributed by atoms with Gasteiger partial charge >= 0.3 is 6.09 Å². The molecule has 2 amide bonds. The van der Waals surface area contributed by atoms with Crippen molar-refractivity contribution in [1.29, 1.82) is 0 Å². The van der Waals surface area contributed by atoms with E-state index in [1.54, 1.807) is 0 Å². The first kappa shape index (κ1) is 23.0. The SMILES string of the molecule is CCNC(=O)CC(Cc1cccc2ccccc12)C(=O)N[C@H](C)Cc1cn(C(=O)O)cn1. The van der Waals surface area contributed by atoms with E-state index < -0.39 is 12.0 Å². The lowest BCUT2D eigenvalue weighted by Crippen LogP contribution is -2.41. The number of carbonyl (C=O) groups excluding carboxylic acids is 2. The minimum absolute atomic E-state index is 0.0866. The second kappa shape index (κ2) is 10.6. The quantitative estimate of drug-likeness (QED) is 0.477. The Morgan fingerprint density at radius 3 is 2.56 bits per heavy atom. The van der Waals surface area contributed by atoms with Crippen LogP contribution in [-0.2, 0) is 22.4 Å². The molecule has 0 radical (unpaired) electrons. The van der Waals surface area contributed by atoms with Gasteiger partial charge in [-0.2, -0.15) is 0 Å². The molecule has 1 aromatic heterocycles. The van der Waals surface area contributed by atoms with Crippen LogP contribution >= 0.6 is 0 Å². The number of amides is 2. The van der Waals surface area contributed by atoms with E-state index in [0.29, 0.717) is 25.1 Å². The van der Waals surface area contributed by atoms with Gasteiger partial charge in [-0.15, -0.1) is 0 Å². The number of imidazole rings is 1. The molecule has 2 aromatic carbocycles. The fourth-order valence-corrected chi connectivity index (χ4v) is 3.79. The molecule has 1 heterocycles. The third-order valence-corrected chi connectivity index (χ3v) is 5.28. The van der Waals surface area contributed by atoms with Crippen molar-refractivity contribution in [2.75, 3.05) is 6.54 Å². The first-order valence-corrected chi connectivity index (χ1v) is 10.7. The van der Waals surface area contributed by atoms with Gasteiger partial charge in [0.1, 0.15) is 6.33 Å². The van der Waals surface area contributed by atoms with E-state index in [-0.39, 0.29) is 24.3 Å². The first-order chi connectivity index (χ1) is 15.4. The van der Waals surface area contributed by atoms with Gasteiger partial charge in [0.2, 0.25) is 11.8 Å². The van der Waals surface area contributed by atoms with Gasteiger partial charge in [0.15, 0.2) is 0 Å². The molecule has 8 heteroatoms. The summed E-state index contributed by atoms with van der Waals surface area (Å²) >= 11 is 0. The fourth-order valence-electron chi connectivity index (χ4n) is 3.79. The molecule has 0 saturated carbocycles. The Morgan fingerprint density at radius 2 is 1.84 bits per heavy atom. The highest BCUT2D eigenvalue weighted by Crippen LogP contribution is 2.23. The smallest absolute Gasteiger partial charge is 0.416 e. The van der Waals surface area contributed by atoms with Crippen LogP contribution < -0.4 is 10.6 Å². The van der Waals surface area contributed by atoms with Crippen LogP contribution in [0.1, 0.15) is 31.5 Å². The molecule has 8 nitrogen and oxygen atoms in total. The predicted octanol–water partition coefficient (Wildman–Crippen LogP) is 2.99. The number of nitrogens with zero attached hydrogens (tertiary/aromatic N) is 2. The molecule has 0 aliphatic heterocycles. The van der Waals surface area contributed by atoms with Gasteiger partial charge in [0.25, 0.3) is 0 Å². The summed E-state index contributed by atoms with van der Waals surface area (Å²) in [6.07, 6.45) is 2.44. The van der Waals surface area contributed by atoms with E-state index in [2.05, 4.69) is 15.6 Å². The van der Waals surface area contributed by atoms with Crippen LogP contribution in [0.2, 0.25) is 0 Å². The van der Waals surface area contributed by atoms with Gasteiger partial charge in [0.05, 0.1) is 11.6 Å². The Balaban J connectivity index is 1.74. The van der Waals surface area contributed by atoms with Crippen molar-refractivity contribution in [3.05, 3.63) is 66.2 Å². The lowest BCUT2D eigenvalue weighted by atomic mass is 9.91. The molecule has 0 aliphatic rings. The zero-order valence-electron chi connectivity index (χ0n) is 18.2. The van der Waals surface area contributed by atoms with Crippen LogP contribution in [0.3, 0.4) is 0 Å². The standard InChI is InChI=1S/C24H28N4O4/c1-3-25-22(29)13-19(12-18-9-6-8-17-7-4-5-10-21(17)18)23(30)27-16(2)11-20-14-28(15-26-20)24(31)32/h4-10,14-16,19H,3,11-13H2,1-2H3,(H,25,29)(H,27,30)(H,31,32)/t16-,19?/m1/s1. The van der Waals surface area contributed by atoms with Crippen molar-refractivity contribution in [2.45, 2.75) is 39.2 Å². The van der Waals surface area contributed by atoms with Gasteiger partial charge in [-0.1, -0.05) is 42.5 Å². The summed E-state index contributed by atoms with van der Waals surface area (Å²) in [5, 5.41) is 16.9. The molecule has 3 N–H and O–H groups in total. The number of benzene rings is 2. The highest BCUT2D eigenvalue weighted by atomic mass is 16.4. The largest absolute Gasteiger partial charge is 0.464 e. The molecule has 3 rings (SSSR count). The second-order valence-electron chi connectivity index (χ2n) is 7.87. The molecule has 168 valence electrons. The van der Waals surface area contributed by atoms with Crippen LogP contribution in [0.5, 0.6) is 0 Å². The van der Waals surface area contributed by atoms with E-state index in [1.807, 2.05) is 56.3 Å². The zero-order chi connectivity index (χ0) is 23.1. The molecule has 32 heavy (non-hydrogen) atoms. The van der Waals surface area contributed by atoms with E-state index in [9.17, 15) is 14.4 Å². The number of nitrogens with one attached hydrogen (secondary N) is 2. The summed E-state index contributed by atoms with van der Waals surface area (Å²) in [7, 11) is 0. The average Bonchev–Trinajstić information content (AvgIpc) is 3.22. The number of fused-ring (bicyclic) bond motifs is 1. The van der Waals surface area contributed by atoms with E-state index in [4.69, 9.17) is 5.11 Å². The van der Waals surface area contributed by atoms with Gasteiger partial charge in [0, 0.05) is 31.6 Å². The highest BCUT2D eigenvalue weighted by molar-refractivity contribution is 5.89. The summed E-state index contributed by atoms with van der Waals surface area (Å²) in [6, 6.07) is 13.7. The fraction of sp³-hybridized carbons (Fsp3) is 0.333. The van der Waals surface area contributed by atoms with Crippen molar-refractivity contribution in [3.8, 4) is 0 Å². The normalized spacial score (nSPS) is 12.8. The minimum Gasteiger partial charge on any atom is -0.464 e. The number of carbonyl (C=O) groups is 3. The molecule has 2 atom stereocenters. The first-order valence-electron chi connectivity index (χ1n) is 10.7. The van der Waals surface area contributed by atoms with Crippen molar-refractivity contribution in [3.63, 3.8) is 0 Å². The summed E-state index contributed by atoms with van der Waals surface area (Å²) in [6.45, 7) is 4.18. The third kappa shape index (κ3) is 5.94. The van der Waals surface area contributed by atoms with Crippen molar-refractivity contribution >= 4 is 28.7 Å². The third-order valence-electron chi connectivity index (χ3n) is 5.28. The maximum absolute atomic E-state index is 13.1. The Labute approximate surface area is 186 Å². The van der Waals surface area contributed by atoms with E-state index in [0.717, 1.165) is 20.9 Å². The lowest BCUT2D eigenvalue weighted by Gasteiger charge is -2.20. The van der Waals surface area contributed by atoms with Crippen LogP contribution in [0.25, 0.3) is 10.8 Å². The van der Waals surface area contributed by atoms with Gasteiger partial charge < -0.3 is 15.7 Å². The van der Waals surface area contributed by atoms with E-state index >= 15 is 0 Å². The maximum atomic E-state index is 13.1. The van der Waals surface area contributed by atoms with Gasteiger partial charge in [-0.25, -0.2) is 14.3 Å². The Hall–Kier alpha value is -3.68. The number of hydrogen-bond donors (Lipinski definition) is 3. The predicted molar refractivity (Wildman–Crippen MR) is 121 cm³/mol. The Kier molecular flexibility index (Phi) is 7.59. The van der Waals surface area contributed by atoms with Crippen LogP contribution in [0.4, 0.5) is 4.79 Å². The van der Waals surface area contributed by atoms with Crippen molar-refractivity contribution in [1.82, 2.24) is 20.2 Å². The number of carboxylic acid groups (broad SMARTS) is 1. The van der Waals surface area contributed by atoms with Crippen molar-refractivity contribution < 1.29 is 19.5 Å². The molecule has 0 spiro atoms. The highest BCUT2D eigenvalue weighted by Gasteiger charge is 2.24. The molecular weight excluding hydrogens is 408 g/mol. The van der Waals surface area contributed by atoms with Crippen LogP contribution in [0.15, 0.2) is 55.0 Å². The summed E-state index contributed by atoms with van der Waals surface area (Å²) in [5.41, 5.74) is 1.58. The molecule has 0 bridgehead atoms. The number of aromatic nitrogens is 2. The van der Waals surface area contributed by atoms with Crippen LogP contribution in [-0.4, -0.2) is 45.2 Å². The number of rotatable bonds is 9. The minimum atomic E-state index is -1.11.